The molecule has 1 N–H and O–H groups in total. The van der Waals surface area contributed by atoms with Gasteiger partial charge in [-0.05, 0) is 24.3 Å². The van der Waals surface area contributed by atoms with Gasteiger partial charge in [0.15, 0.2) is 9.35 Å². The number of nitrogens with one attached hydrogen (secondary N) is 1. The predicted octanol–water partition coefficient (Wildman–Crippen LogP) is 4.55. The highest BCUT2D eigenvalue weighted by Gasteiger charge is 2.14. The number of aromatic nitrogens is 3. The lowest BCUT2D eigenvalue weighted by atomic mass is 10.2. The lowest BCUT2D eigenvalue weighted by Gasteiger charge is -2.03. The summed E-state index contributed by atoms with van der Waals surface area (Å²) in [5, 5.41) is 12.2. The van der Waals surface area contributed by atoms with Crippen LogP contribution in [0.5, 0.6) is 5.75 Å². The van der Waals surface area contributed by atoms with E-state index < -0.39 is 0 Å². The Kier molecular flexibility index (Phi) is 5.33. The van der Waals surface area contributed by atoms with Crippen molar-refractivity contribution in [3.63, 3.8) is 0 Å². The van der Waals surface area contributed by atoms with Gasteiger partial charge in [0.05, 0.1) is 28.6 Å². The molecule has 0 aliphatic heterocycles. The van der Waals surface area contributed by atoms with Crippen molar-refractivity contribution in [1.82, 2.24) is 15.2 Å². The maximum Gasteiger partial charge on any atom is 0.236 e. The third-order valence-corrected chi connectivity index (χ3v) is 6.66. The lowest BCUT2D eigenvalue weighted by Crippen LogP contribution is -2.13. The number of methoxy groups -OCH3 is 1. The molecule has 0 saturated carbocycles. The van der Waals surface area contributed by atoms with Crippen molar-refractivity contribution in [3.8, 4) is 16.3 Å². The number of ether oxygens (including phenoxy) is 1. The van der Waals surface area contributed by atoms with Crippen molar-refractivity contribution >= 4 is 55.7 Å². The average Bonchev–Trinajstić information content (AvgIpc) is 3.32. The van der Waals surface area contributed by atoms with E-state index in [-0.39, 0.29) is 11.7 Å². The van der Waals surface area contributed by atoms with Crippen LogP contribution in [0, 0.1) is 0 Å². The predicted molar refractivity (Wildman–Crippen MR) is 111 cm³/mol. The largest absolute Gasteiger partial charge is 0.496 e. The van der Waals surface area contributed by atoms with Crippen LogP contribution < -0.4 is 10.1 Å². The maximum absolute atomic E-state index is 12.2. The number of fused-ring (bicyclic) bond motifs is 1. The van der Waals surface area contributed by atoms with E-state index in [1.54, 1.807) is 18.4 Å². The Labute approximate surface area is 167 Å². The lowest BCUT2D eigenvalue weighted by molar-refractivity contribution is -0.113. The van der Waals surface area contributed by atoms with Gasteiger partial charge >= 0.3 is 0 Å². The minimum atomic E-state index is -0.137. The van der Waals surface area contributed by atoms with E-state index in [2.05, 4.69) is 20.5 Å². The zero-order valence-electron chi connectivity index (χ0n) is 14.2. The summed E-state index contributed by atoms with van der Waals surface area (Å²) in [6.45, 7) is 0. The molecule has 2 aromatic carbocycles. The highest BCUT2D eigenvalue weighted by atomic mass is 32.2. The summed E-state index contributed by atoms with van der Waals surface area (Å²) in [7, 11) is 1.61. The minimum Gasteiger partial charge on any atom is -0.496 e. The zero-order valence-corrected chi connectivity index (χ0v) is 16.7. The fourth-order valence-electron chi connectivity index (χ4n) is 2.40. The number of thiazole rings is 1. The van der Waals surface area contributed by atoms with Crippen molar-refractivity contribution in [2.45, 2.75) is 4.34 Å². The van der Waals surface area contributed by atoms with Gasteiger partial charge in [0, 0.05) is 0 Å². The summed E-state index contributed by atoms with van der Waals surface area (Å²) >= 11 is 4.31. The van der Waals surface area contributed by atoms with Crippen molar-refractivity contribution in [3.05, 3.63) is 48.5 Å². The Morgan fingerprint density at radius 1 is 1.11 bits per heavy atom. The van der Waals surface area contributed by atoms with Crippen LogP contribution in [0.4, 0.5) is 5.13 Å². The van der Waals surface area contributed by atoms with Gasteiger partial charge < -0.3 is 4.74 Å². The summed E-state index contributed by atoms with van der Waals surface area (Å²) in [6.07, 6.45) is 0. The Morgan fingerprint density at radius 3 is 2.78 bits per heavy atom. The normalized spacial score (nSPS) is 10.9. The smallest absolute Gasteiger partial charge is 0.236 e. The van der Waals surface area contributed by atoms with Crippen LogP contribution in [0.15, 0.2) is 52.9 Å². The number of nitrogens with zero attached hydrogens (tertiary/aromatic N) is 3. The van der Waals surface area contributed by atoms with Crippen molar-refractivity contribution < 1.29 is 9.53 Å². The molecule has 136 valence electrons. The molecule has 6 nitrogen and oxygen atoms in total. The van der Waals surface area contributed by atoms with E-state index in [0.717, 1.165) is 25.9 Å². The number of rotatable bonds is 6. The molecule has 0 unspecified atom stereocenters. The second-order valence-corrected chi connectivity index (χ2v) is 8.63. The molecular formula is C18H14N4O2S3. The van der Waals surface area contributed by atoms with Crippen molar-refractivity contribution in [2.24, 2.45) is 0 Å². The summed E-state index contributed by atoms with van der Waals surface area (Å²) in [4.78, 5) is 16.7. The van der Waals surface area contributed by atoms with Crippen LogP contribution in [0.3, 0.4) is 0 Å². The molecule has 9 heteroatoms. The molecule has 0 spiro atoms. The third kappa shape index (κ3) is 4.10. The van der Waals surface area contributed by atoms with E-state index in [9.17, 15) is 4.79 Å². The summed E-state index contributed by atoms with van der Waals surface area (Å²) < 4.78 is 7.34. The van der Waals surface area contributed by atoms with Gasteiger partial charge in [-0.2, -0.15) is 0 Å². The summed E-state index contributed by atoms with van der Waals surface area (Å²) in [5.41, 5.74) is 1.80. The fourth-order valence-corrected chi connectivity index (χ4v) is 5.06. The first-order valence-electron chi connectivity index (χ1n) is 7.98. The zero-order chi connectivity index (χ0) is 18.6. The minimum absolute atomic E-state index is 0.137. The third-order valence-electron chi connectivity index (χ3n) is 3.61. The topological polar surface area (TPSA) is 77.0 Å². The summed E-state index contributed by atoms with van der Waals surface area (Å²) in [5.74, 6) is 0.850. The number of benzene rings is 2. The molecule has 0 radical (unpaired) electrons. The number of thioether (sulfide) groups is 1. The van der Waals surface area contributed by atoms with Gasteiger partial charge in [-0.1, -0.05) is 47.4 Å². The SMILES string of the molecule is COc1ccccc1-c1nnc(NC(=O)CSc2nc3ccccc3s2)s1. The molecule has 4 aromatic rings. The molecular weight excluding hydrogens is 400 g/mol. The molecule has 27 heavy (non-hydrogen) atoms. The maximum atomic E-state index is 12.2. The number of anilines is 1. The highest BCUT2D eigenvalue weighted by Crippen LogP contribution is 2.33. The molecule has 0 fully saturated rings. The van der Waals surface area contributed by atoms with E-state index >= 15 is 0 Å². The van der Waals surface area contributed by atoms with Gasteiger partial charge in [-0.3, -0.25) is 10.1 Å². The van der Waals surface area contributed by atoms with Crippen LogP contribution in [0.2, 0.25) is 0 Å². The van der Waals surface area contributed by atoms with E-state index in [1.165, 1.54) is 23.1 Å². The number of para-hydroxylation sites is 2. The van der Waals surface area contributed by atoms with E-state index in [0.29, 0.717) is 10.1 Å². The molecule has 0 aliphatic carbocycles. The number of amides is 1. The molecule has 2 heterocycles. The first kappa shape index (κ1) is 17.9. The first-order chi connectivity index (χ1) is 13.2. The average molecular weight is 415 g/mol. The van der Waals surface area contributed by atoms with Crippen LogP contribution in [-0.2, 0) is 4.79 Å². The molecule has 2 aromatic heterocycles. The van der Waals surface area contributed by atoms with E-state index in [1.807, 2.05) is 48.5 Å². The Balaban J connectivity index is 1.39. The van der Waals surface area contributed by atoms with Crippen LogP contribution in [0.25, 0.3) is 20.8 Å². The molecule has 1 amide bonds. The van der Waals surface area contributed by atoms with Gasteiger partial charge in [-0.15, -0.1) is 21.5 Å². The van der Waals surface area contributed by atoms with Gasteiger partial charge in [-0.25, -0.2) is 4.98 Å². The van der Waals surface area contributed by atoms with Crippen LogP contribution >= 0.6 is 34.4 Å². The number of carbonyl (C=O) groups is 1. The highest BCUT2D eigenvalue weighted by molar-refractivity contribution is 8.01. The quantitative estimate of drug-likeness (QED) is 0.466. The first-order valence-corrected chi connectivity index (χ1v) is 10.6. The molecule has 0 saturated heterocycles. The van der Waals surface area contributed by atoms with Crippen molar-refractivity contribution in [2.75, 3.05) is 18.2 Å². The Hall–Kier alpha value is -2.49. The second kappa shape index (κ2) is 8.03. The van der Waals surface area contributed by atoms with Gasteiger partial charge in [0.1, 0.15) is 5.75 Å². The number of carbonyl (C=O) groups excluding carboxylic acids is 1. The van der Waals surface area contributed by atoms with Gasteiger partial charge in [0.2, 0.25) is 11.0 Å². The Bertz CT molecular complexity index is 1060. The van der Waals surface area contributed by atoms with Gasteiger partial charge in [0.25, 0.3) is 0 Å². The monoisotopic (exact) mass is 414 g/mol. The number of hydrogen-bond donors (Lipinski definition) is 1. The molecule has 0 bridgehead atoms. The second-order valence-electron chi connectivity index (χ2n) is 5.40. The van der Waals surface area contributed by atoms with E-state index in [4.69, 9.17) is 4.74 Å². The standard InChI is InChI=1S/C18H14N4O2S3/c1-24-13-8-4-2-6-11(13)16-21-22-17(27-16)20-15(23)10-25-18-19-12-7-3-5-9-14(12)26-18/h2-9H,10H2,1H3,(H,20,22,23). The number of hydrogen-bond acceptors (Lipinski definition) is 8. The molecule has 0 aliphatic rings. The molecule has 4 rings (SSSR count). The van der Waals surface area contributed by atoms with Crippen molar-refractivity contribution in [1.29, 1.82) is 0 Å². The van der Waals surface area contributed by atoms with Crippen LogP contribution in [0.1, 0.15) is 0 Å². The van der Waals surface area contributed by atoms with Crippen LogP contribution in [-0.4, -0.2) is 34.0 Å². The fraction of sp³-hybridized carbons (Fsp3) is 0.111. The summed E-state index contributed by atoms with van der Waals surface area (Å²) in [6, 6.07) is 15.5. The molecule has 0 atom stereocenters. The Morgan fingerprint density at radius 2 is 1.93 bits per heavy atom.